The molecule has 1 amide bonds. The van der Waals surface area contributed by atoms with Crippen molar-refractivity contribution in [3.8, 4) is 0 Å². The van der Waals surface area contributed by atoms with Gasteiger partial charge in [0.2, 0.25) is 0 Å². The van der Waals surface area contributed by atoms with Crippen LogP contribution >= 0.6 is 11.6 Å². The normalized spacial score (nSPS) is 15.0. The van der Waals surface area contributed by atoms with Crippen LogP contribution in [0.15, 0.2) is 48.7 Å². The molecule has 0 unspecified atom stereocenters. The number of imidazole rings is 1. The molecule has 1 aliphatic rings. The number of nitrogens with zero attached hydrogens (tertiary/aromatic N) is 4. The van der Waals surface area contributed by atoms with Crippen LogP contribution in [0.4, 0.5) is 5.69 Å². The van der Waals surface area contributed by atoms with E-state index in [1.165, 1.54) is 5.69 Å². The second kappa shape index (κ2) is 6.41. The Labute approximate surface area is 151 Å². The van der Waals surface area contributed by atoms with Gasteiger partial charge in [-0.2, -0.15) is 0 Å². The van der Waals surface area contributed by atoms with Gasteiger partial charge in [-0.3, -0.25) is 9.20 Å². The van der Waals surface area contributed by atoms with Gasteiger partial charge in [-0.05, 0) is 31.2 Å². The molecular formula is C19H19ClN4O. The summed E-state index contributed by atoms with van der Waals surface area (Å²) >= 11 is 6.10. The van der Waals surface area contributed by atoms with Crippen LogP contribution < -0.4 is 4.90 Å². The number of aromatic nitrogens is 2. The summed E-state index contributed by atoms with van der Waals surface area (Å²) < 4.78 is 1.80. The lowest BCUT2D eigenvalue weighted by atomic mass is 10.2. The number of fused-ring (bicyclic) bond motifs is 1. The van der Waals surface area contributed by atoms with E-state index in [1.54, 1.807) is 16.7 Å². The van der Waals surface area contributed by atoms with Gasteiger partial charge in [0.1, 0.15) is 11.3 Å². The second-order valence-electron chi connectivity index (χ2n) is 6.24. The smallest absolute Gasteiger partial charge is 0.272 e. The highest BCUT2D eigenvalue weighted by atomic mass is 35.5. The average molecular weight is 355 g/mol. The predicted octanol–water partition coefficient (Wildman–Crippen LogP) is 3.26. The van der Waals surface area contributed by atoms with Crippen LogP contribution in [0.5, 0.6) is 0 Å². The molecule has 0 spiro atoms. The van der Waals surface area contributed by atoms with Crippen LogP contribution in [0.1, 0.15) is 16.2 Å². The summed E-state index contributed by atoms with van der Waals surface area (Å²) in [7, 11) is 0. The minimum absolute atomic E-state index is 0.0139. The first-order chi connectivity index (χ1) is 12.1. The fourth-order valence-electron chi connectivity index (χ4n) is 3.35. The Kier molecular flexibility index (Phi) is 4.09. The molecule has 4 rings (SSSR count). The molecule has 0 N–H and O–H groups in total. The monoisotopic (exact) mass is 354 g/mol. The zero-order chi connectivity index (χ0) is 17.4. The zero-order valence-corrected chi connectivity index (χ0v) is 14.8. The Morgan fingerprint density at radius 2 is 1.76 bits per heavy atom. The van der Waals surface area contributed by atoms with Crippen LogP contribution in [-0.2, 0) is 0 Å². The van der Waals surface area contributed by atoms with Gasteiger partial charge in [0.05, 0.1) is 10.7 Å². The maximum atomic E-state index is 13.1. The minimum atomic E-state index is 0.0139. The third kappa shape index (κ3) is 2.96. The van der Waals surface area contributed by atoms with Gasteiger partial charge >= 0.3 is 0 Å². The number of halogens is 1. The number of para-hydroxylation sites is 1. The van der Waals surface area contributed by atoms with Crippen molar-refractivity contribution >= 4 is 28.8 Å². The van der Waals surface area contributed by atoms with E-state index in [2.05, 4.69) is 22.0 Å². The van der Waals surface area contributed by atoms with E-state index in [4.69, 9.17) is 11.6 Å². The molecule has 2 aromatic heterocycles. The number of hydrogen-bond acceptors (Lipinski definition) is 3. The number of benzene rings is 1. The molecule has 0 saturated carbocycles. The van der Waals surface area contributed by atoms with E-state index in [0.29, 0.717) is 23.8 Å². The van der Waals surface area contributed by atoms with E-state index in [9.17, 15) is 4.79 Å². The van der Waals surface area contributed by atoms with Crippen LogP contribution in [-0.4, -0.2) is 46.4 Å². The topological polar surface area (TPSA) is 40.9 Å². The van der Waals surface area contributed by atoms with Gasteiger partial charge in [-0.15, -0.1) is 0 Å². The Morgan fingerprint density at radius 1 is 1.04 bits per heavy atom. The summed E-state index contributed by atoms with van der Waals surface area (Å²) in [4.78, 5) is 21.7. The first kappa shape index (κ1) is 16.0. The lowest BCUT2D eigenvalue weighted by Gasteiger charge is -2.36. The molecule has 1 aromatic carbocycles. The minimum Gasteiger partial charge on any atom is -0.368 e. The number of amides is 1. The summed E-state index contributed by atoms with van der Waals surface area (Å²) in [5, 5.41) is 0.591. The number of piperazine rings is 1. The molecule has 25 heavy (non-hydrogen) atoms. The maximum Gasteiger partial charge on any atom is 0.272 e. The standard InChI is InChI=1S/C19H19ClN4O/c1-14-18(24-13-15(20)7-8-17(24)21-14)19(25)23-11-9-22(10-12-23)16-5-3-2-4-6-16/h2-8,13H,9-12H2,1H3. The number of carbonyl (C=O) groups is 1. The molecule has 1 aliphatic heterocycles. The molecule has 0 radical (unpaired) electrons. The van der Waals surface area contributed by atoms with Gasteiger partial charge in [0.25, 0.3) is 5.91 Å². The second-order valence-corrected chi connectivity index (χ2v) is 6.67. The van der Waals surface area contributed by atoms with E-state index >= 15 is 0 Å². The molecule has 5 nitrogen and oxygen atoms in total. The van der Waals surface area contributed by atoms with Crippen LogP contribution in [0.2, 0.25) is 5.02 Å². The summed E-state index contributed by atoms with van der Waals surface area (Å²) in [6.07, 6.45) is 1.75. The molecule has 3 heterocycles. The van der Waals surface area contributed by atoms with Crippen LogP contribution in [0.25, 0.3) is 5.65 Å². The first-order valence-corrected chi connectivity index (χ1v) is 8.75. The number of hydrogen-bond donors (Lipinski definition) is 0. The van der Waals surface area contributed by atoms with Crippen molar-refractivity contribution in [2.75, 3.05) is 31.1 Å². The Balaban J connectivity index is 1.55. The largest absolute Gasteiger partial charge is 0.368 e. The van der Waals surface area contributed by atoms with E-state index in [0.717, 1.165) is 24.4 Å². The van der Waals surface area contributed by atoms with Gasteiger partial charge in [-0.1, -0.05) is 29.8 Å². The van der Waals surface area contributed by atoms with Crippen molar-refractivity contribution in [3.05, 3.63) is 65.1 Å². The van der Waals surface area contributed by atoms with Crippen LogP contribution in [0.3, 0.4) is 0 Å². The molecule has 0 aliphatic carbocycles. The summed E-state index contributed by atoms with van der Waals surface area (Å²) in [5.41, 5.74) is 3.28. The highest BCUT2D eigenvalue weighted by Crippen LogP contribution is 2.20. The summed E-state index contributed by atoms with van der Waals surface area (Å²) in [6.45, 7) is 4.91. The van der Waals surface area contributed by atoms with Gasteiger partial charge in [0, 0.05) is 38.1 Å². The highest BCUT2D eigenvalue weighted by molar-refractivity contribution is 6.30. The SMILES string of the molecule is Cc1nc2ccc(Cl)cn2c1C(=O)N1CCN(c2ccccc2)CC1. The quantitative estimate of drug-likeness (QED) is 0.709. The lowest BCUT2D eigenvalue weighted by molar-refractivity contribution is 0.0739. The molecule has 1 fully saturated rings. The van der Waals surface area contributed by atoms with Crippen molar-refractivity contribution in [2.45, 2.75) is 6.92 Å². The Hall–Kier alpha value is -2.53. The molecule has 6 heteroatoms. The van der Waals surface area contributed by atoms with E-state index in [-0.39, 0.29) is 5.91 Å². The molecular weight excluding hydrogens is 336 g/mol. The van der Waals surface area contributed by atoms with Crippen molar-refractivity contribution in [2.24, 2.45) is 0 Å². The molecule has 1 saturated heterocycles. The maximum absolute atomic E-state index is 13.1. The van der Waals surface area contributed by atoms with Crippen molar-refractivity contribution < 1.29 is 4.79 Å². The van der Waals surface area contributed by atoms with Gasteiger partial charge in [-0.25, -0.2) is 4.98 Å². The average Bonchev–Trinajstić information content (AvgIpc) is 2.97. The third-order valence-corrected chi connectivity index (χ3v) is 4.87. The number of carbonyl (C=O) groups excluding carboxylic acids is 1. The lowest BCUT2D eigenvalue weighted by Crippen LogP contribution is -2.49. The van der Waals surface area contributed by atoms with E-state index in [1.807, 2.05) is 36.1 Å². The highest BCUT2D eigenvalue weighted by Gasteiger charge is 2.26. The van der Waals surface area contributed by atoms with E-state index < -0.39 is 0 Å². The Morgan fingerprint density at radius 3 is 2.48 bits per heavy atom. The third-order valence-electron chi connectivity index (χ3n) is 4.65. The van der Waals surface area contributed by atoms with Gasteiger partial charge < -0.3 is 9.80 Å². The fourth-order valence-corrected chi connectivity index (χ4v) is 3.51. The zero-order valence-electron chi connectivity index (χ0n) is 14.0. The number of anilines is 1. The molecule has 3 aromatic rings. The van der Waals surface area contributed by atoms with Crippen LogP contribution in [0, 0.1) is 6.92 Å². The molecule has 0 atom stereocenters. The number of pyridine rings is 1. The number of aryl methyl sites for hydroxylation is 1. The summed E-state index contributed by atoms with van der Waals surface area (Å²) in [6, 6.07) is 13.9. The van der Waals surface area contributed by atoms with Crippen molar-refractivity contribution in [1.82, 2.24) is 14.3 Å². The van der Waals surface area contributed by atoms with Crippen molar-refractivity contribution in [3.63, 3.8) is 0 Å². The van der Waals surface area contributed by atoms with Crippen molar-refractivity contribution in [1.29, 1.82) is 0 Å². The Bertz CT molecular complexity index is 914. The summed E-state index contributed by atoms with van der Waals surface area (Å²) in [5.74, 6) is 0.0139. The van der Waals surface area contributed by atoms with Gasteiger partial charge in [0.15, 0.2) is 0 Å². The fraction of sp³-hybridized carbons (Fsp3) is 0.263. The predicted molar refractivity (Wildman–Crippen MR) is 99.5 cm³/mol. The molecule has 128 valence electrons. The number of rotatable bonds is 2. The first-order valence-electron chi connectivity index (χ1n) is 8.37. The molecule has 0 bridgehead atoms.